The number of nitrogens with zero attached hydrogens (tertiary/aromatic N) is 2. The maximum Gasteiger partial charge on any atom is 0.356 e. The van der Waals surface area contributed by atoms with Gasteiger partial charge in [0.2, 0.25) is 4.77 Å². The number of carboxylic acid groups (broad SMARTS) is 1. The third-order valence-electron chi connectivity index (χ3n) is 0.788. The highest BCUT2D eigenvalue weighted by atomic mass is 32.1. The van der Waals surface area contributed by atoms with Gasteiger partial charge in [0.05, 0.1) is 6.20 Å². The molecule has 0 aliphatic rings. The van der Waals surface area contributed by atoms with Crippen LogP contribution >= 0.6 is 12.2 Å². The Balaban J connectivity index is 3.20. The topological polar surface area (TPSA) is 78.9 Å². The van der Waals surface area contributed by atoms with Gasteiger partial charge in [0.15, 0.2) is 5.69 Å². The standard InChI is InChI=1S/C4H3N3O2S/c8-3(9)2-1-5-7-4(10)6-2/h1H,(H,8,9)(H,6,7,10). The Morgan fingerprint density at radius 2 is 2.50 bits per heavy atom. The minimum Gasteiger partial charge on any atom is -0.476 e. The van der Waals surface area contributed by atoms with Crippen LogP contribution in [0.1, 0.15) is 10.5 Å². The van der Waals surface area contributed by atoms with Crippen molar-refractivity contribution in [3.63, 3.8) is 0 Å². The van der Waals surface area contributed by atoms with Gasteiger partial charge in [0, 0.05) is 0 Å². The van der Waals surface area contributed by atoms with Crippen molar-refractivity contribution in [3.05, 3.63) is 16.7 Å². The number of rotatable bonds is 1. The van der Waals surface area contributed by atoms with Crippen molar-refractivity contribution in [1.29, 1.82) is 0 Å². The lowest BCUT2D eigenvalue weighted by Crippen LogP contribution is -2.02. The summed E-state index contributed by atoms with van der Waals surface area (Å²) in [6.45, 7) is 0. The van der Waals surface area contributed by atoms with E-state index in [0.29, 0.717) is 0 Å². The molecule has 0 saturated heterocycles. The summed E-state index contributed by atoms with van der Waals surface area (Å²) in [5.74, 6) is -1.13. The first-order valence-electron chi connectivity index (χ1n) is 2.35. The molecule has 0 aliphatic heterocycles. The van der Waals surface area contributed by atoms with Crippen molar-refractivity contribution >= 4 is 18.2 Å². The molecule has 1 aromatic heterocycles. The first-order valence-corrected chi connectivity index (χ1v) is 2.76. The minimum atomic E-state index is -1.13. The van der Waals surface area contributed by atoms with Gasteiger partial charge < -0.3 is 5.11 Å². The van der Waals surface area contributed by atoms with Gasteiger partial charge >= 0.3 is 5.97 Å². The quantitative estimate of drug-likeness (QED) is 0.570. The summed E-state index contributed by atoms with van der Waals surface area (Å²) in [6.07, 6.45) is 1.10. The molecule has 1 heterocycles. The molecule has 0 saturated carbocycles. The summed E-state index contributed by atoms with van der Waals surface area (Å²) < 4.78 is 0.0694. The summed E-state index contributed by atoms with van der Waals surface area (Å²) in [6, 6.07) is 0. The van der Waals surface area contributed by atoms with E-state index in [2.05, 4.69) is 27.4 Å². The summed E-state index contributed by atoms with van der Waals surface area (Å²) in [5, 5.41) is 14.1. The molecule has 0 fully saturated rings. The smallest absolute Gasteiger partial charge is 0.356 e. The fourth-order valence-electron chi connectivity index (χ4n) is 0.415. The molecule has 5 nitrogen and oxygen atoms in total. The van der Waals surface area contributed by atoms with E-state index >= 15 is 0 Å². The zero-order valence-electron chi connectivity index (χ0n) is 4.74. The van der Waals surface area contributed by atoms with Crippen LogP contribution in [0.5, 0.6) is 0 Å². The number of nitrogens with one attached hydrogen (secondary N) is 1. The van der Waals surface area contributed by atoms with Crippen molar-refractivity contribution in [2.24, 2.45) is 0 Å². The normalized spacial score (nSPS) is 9.20. The Morgan fingerprint density at radius 1 is 1.80 bits per heavy atom. The number of hydrogen-bond acceptors (Lipinski definition) is 4. The van der Waals surface area contributed by atoms with E-state index in [4.69, 9.17) is 5.11 Å². The van der Waals surface area contributed by atoms with Crippen molar-refractivity contribution in [2.45, 2.75) is 0 Å². The van der Waals surface area contributed by atoms with Crippen LogP contribution in [0.15, 0.2) is 6.20 Å². The van der Waals surface area contributed by atoms with E-state index < -0.39 is 5.97 Å². The summed E-state index contributed by atoms with van der Waals surface area (Å²) in [4.78, 5) is 13.7. The van der Waals surface area contributed by atoms with Gasteiger partial charge in [-0.1, -0.05) is 0 Å². The van der Waals surface area contributed by atoms with Crippen LogP contribution in [0.2, 0.25) is 0 Å². The van der Waals surface area contributed by atoms with Crippen LogP contribution in [0.25, 0.3) is 0 Å². The second-order valence-electron chi connectivity index (χ2n) is 1.48. The van der Waals surface area contributed by atoms with Gasteiger partial charge in [-0.2, -0.15) is 5.10 Å². The number of aromatic amines is 1. The largest absolute Gasteiger partial charge is 0.476 e. The van der Waals surface area contributed by atoms with E-state index in [9.17, 15) is 4.79 Å². The summed E-state index contributed by atoms with van der Waals surface area (Å²) >= 11 is 4.53. The van der Waals surface area contributed by atoms with Crippen LogP contribution in [-0.4, -0.2) is 26.3 Å². The molecular weight excluding hydrogens is 154 g/mol. The van der Waals surface area contributed by atoms with Gasteiger partial charge in [-0.15, -0.1) is 0 Å². The number of carbonyl (C=O) groups is 1. The van der Waals surface area contributed by atoms with Crippen molar-refractivity contribution in [2.75, 3.05) is 0 Å². The number of aromatic nitrogens is 3. The second-order valence-corrected chi connectivity index (χ2v) is 1.86. The molecule has 0 aliphatic carbocycles. The predicted molar refractivity (Wildman–Crippen MR) is 34.2 cm³/mol. The van der Waals surface area contributed by atoms with Gasteiger partial charge in [0.1, 0.15) is 0 Å². The van der Waals surface area contributed by atoms with Crippen LogP contribution < -0.4 is 0 Å². The predicted octanol–water partition coefficient (Wildman–Crippen LogP) is 0.232. The van der Waals surface area contributed by atoms with E-state index in [1.165, 1.54) is 0 Å². The third kappa shape index (κ3) is 1.35. The monoisotopic (exact) mass is 157 g/mol. The maximum atomic E-state index is 10.2. The number of aromatic carboxylic acids is 1. The first kappa shape index (κ1) is 6.81. The SMILES string of the molecule is O=C(O)c1cn[nH]c(=S)n1. The van der Waals surface area contributed by atoms with E-state index in [0.717, 1.165) is 6.20 Å². The van der Waals surface area contributed by atoms with Gasteiger partial charge in [-0.05, 0) is 12.2 Å². The highest BCUT2D eigenvalue weighted by molar-refractivity contribution is 7.71. The number of hydrogen-bond donors (Lipinski definition) is 2. The highest BCUT2D eigenvalue weighted by Crippen LogP contribution is 1.87. The lowest BCUT2D eigenvalue weighted by Gasteiger charge is -1.88. The number of carboxylic acids is 1. The van der Waals surface area contributed by atoms with Gasteiger partial charge in [-0.25, -0.2) is 9.78 Å². The van der Waals surface area contributed by atoms with Crippen molar-refractivity contribution in [1.82, 2.24) is 15.2 Å². The number of H-pyrrole nitrogens is 1. The van der Waals surface area contributed by atoms with E-state index in [1.807, 2.05) is 0 Å². The molecule has 2 N–H and O–H groups in total. The zero-order chi connectivity index (χ0) is 7.56. The molecule has 0 amide bonds. The molecule has 0 aromatic carbocycles. The molecule has 6 heteroatoms. The molecule has 0 spiro atoms. The summed E-state index contributed by atoms with van der Waals surface area (Å²) in [7, 11) is 0. The van der Waals surface area contributed by atoms with Crippen LogP contribution in [0.3, 0.4) is 0 Å². The molecule has 10 heavy (non-hydrogen) atoms. The van der Waals surface area contributed by atoms with Crippen molar-refractivity contribution in [3.8, 4) is 0 Å². The molecule has 0 atom stereocenters. The first-order chi connectivity index (χ1) is 4.70. The fraction of sp³-hybridized carbons (Fsp3) is 0. The molecule has 0 radical (unpaired) electrons. The maximum absolute atomic E-state index is 10.2. The Morgan fingerprint density at radius 3 is 2.90 bits per heavy atom. The Labute approximate surface area is 60.7 Å². The van der Waals surface area contributed by atoms with E-state index in [1.54, 1.807) is 0 Å². The van der Waals surface area contributed by atoms with Crippen molar-refractivity contribution < 1.29 is 9.90 Å². The Kier molecular flexibility index (Phi) is 1.72. The lowest BCUT2D eigenvalue weighted by molar-refractivity contribution is 0.0689. The third-order valence-corrected chi connectivity index (χ3v) is 0.971. The second kappa shape index (κ2) is 2.53. The Bertz CT molecular complexity index is 307. The molecule has 1 rings (SSSR count). The average molecular weight is 157 g/mol. The van der Waals surface area contributed by atoms with Crippen LogP contribution in [0, 0.1) is 4.77 Å². The van der Waals surface area contributed by atoms with Crippen LogP contribution in [-0.2, 0) is 0 Å². The van der Waals surface area contributed by atoms with Crippen LogP contribution in [0.4, 0.5) is 0 Å². The Hall–Kier alpha value is -1.30. The molecule has 52 valence electrons. The van der Waals surface area contributed by atoms with Gasteiger partial charge in [0.25, 0.3) is 0 Å². The zero-order valence-corrected chi connectivity index (χ0v) is 5.55. The lowest BCUT2D eigenvalue weighted by atomic mass is 10.5. The molecule has 0 bridgehead atoms. The molecule has 1 aromatic rings. The average Bonchev–Trinajstić information content (AvgIpc) is 1.88. The van der Waals surface area contributed by atoms with E-state index in [-0.39, 0.29) is 10.5 Å². The van der Waals surface area contributed by atoms with Gasteiger partial charge in [-0.3, -0.25) is 5.10 Å². The molecule has 0 unspecified atom stereocenters. The fourth-order valence-corrected chi connectivity index (χ4v) is 0.566. The highest BCUT2D eigenvalue weighted by Gasteiger charge is 2.02. The minimum absolute atomic E-state index is 0.0694. The summed E-state index contributed by atoms with van der Waals surface area (Å²) in [5.41, 5.74) is -0.149. The molecular formula is C4H3N3O2S.